The van der Waals surface area contributed by atoms with Gasteiger partial charge >= 0.3 is 0 Å². The first-order valence-corrected chi connectivity index (χ1v) is 7.69. The highest BCUT2D eigenvalue weighted by Gasteiger charge is 2.31. The Bertz CT molecular complexity index is 499. The molecule has 6 heteroatoms. The first kappa shape index (κ1) is 13.3. The van der Waals surface area contributed by atoms with Crippen molar-refractivity contribution in [3.05, 3.63) is 23.9 Å². The molecule has 1 saturated heterocycles. The van der Waals surface area contributed by atoms with Gasteiger partial charge in [0, 0.05) is 18.8 Å². The van der Waals surface area contributed by atoms with Gasteiger partial charge in [-0.15, -0.1) is 0 Å². The topological polar surface area (TPSA) is 59.5 Å². The molecule has 0 amide bonds. The van der Waals surface area contributed by atoms with Crippen molar-refractivity contribution in [2.24, 2.45) is 0 Å². The molecule has 1 unspecified atom stereocenters. The molecule has 1 aliphatic rings. The molecule has 1 fully saturated rings. The molecular weight excluding hydrogens is 252 g/mol. The summed E-state index contributed by atoms with van der Waals surface area (Å²) in [5, 5.41) is 0. The maximum Gasteiger partial charge on any atom is 0.213 e. The lowest BCUT2D eigenvalue weighted by atomic mass is 10.3. The second-order valence-corrected chi connectivity index (χ2v) is 6.72. The van der Waals surface area contributed by atoms with Crippen molar-refractivity contribution in [1.29, 1.82) is 0 Å². The zero-order chi connectivity index (χ0) is 13.2. The number of sulfonamides is 1. The van der Waals surface area contributed by atoms with E-state index in [-0.39, 0.29) is 11.9 Å². The van der Waals surface area contributed by atoms with E-state index in [1.165, 1.54) is 4.31 Å². The van der Waals surface area contributed by atoms with E-state index in [4.69, 9.17) is 4.74 Å². The van der Waals surface area contributed by atoms with Crippen LogP contribution in [0.3, 0.4) is 0 Å². The fraction of sp³-hybridized carbons (Fsp3) is 0.583. The van der Waals surface area contributed by atoms with Crippen LogP contribution in [0, 0.1) is 6.92 Å². The van der Waals surface area contributed by atoms with E-state index in [1.807, 2.05) is 19.1 Å². The molecule has 0 aliphatic carbocycles. The summed E-state index contributed by atoms with van der Waals surface area (Å²) in [4.78, 5) is 4.16. The van der Waals surface area contributed by atoms with E-state index in [9.17, 15) is 8.42 Å². The van der Waals surface area contributed by atoms with Gasteiger partial charge in [-0.3, -0.25) is 0 Å². The van der Waals surface area contributed by atoms with E-state index in [0.29, 0.717) is 19.0 Å². The average Bonchev–Trinajstić information content (AvgIpc) is 2.81. The third-order valence-corrected chi connectivity index (χ3v) is 4.89. The predicted molar refractivity (Wildman–Crippen MR) is 69.0 cm³/mol. The van der Waals surface area contributed by atoms with E-state index in [2.05, 4.69) is 4.98 Å². The molecule has 0 aromatic carbocycles. The first-order chi connectivity index (χ1) is 8.51. The highest BCUT2D eigenvalue weighted by molar-refractivity contribution is 7.89. The van der Waals surface area contributed by atoms with Crippen LogP contribution in [0.1, 0.15) is 18.9 Å². The summed E-state index contributed by atoms with van der Waals surface area (Å²) in [6, 6.07) is 3.74. The van der Waals surface area contributed by atoms with Gasteiger partial charge in [-0.25, -0.2) is 13.4 Å². The van der Waals surface area contributed by atoms with Gasteiger partial charge in [0.15, 0.2) is 0 Å². The van der Waals surface area contributed by atoms with Gasteiger partial charge in [0.2, 0.25) is 15.9 Å². The molecule has 0 radical (unpaired) electrons. The van der Waals surface area contributed by atoms with Crippen molar-refractivity contribution in [3.63, 3.8) is 0 Å². The predicted octanol–water partition coefficient (Wildman–Crippen LogP) is 1.19. The lowest BCUT2D eigenvalue weighted by Gasteiger charge is -2.15. The van der Waals surface area contributed by atoms with Crippen molar-refractivity contribution in [2.75, 3.05) is 18.8 Å². The monoisotopic (exact) mass is 270 g/mol. The minimum Gasteiger partial charge on any atom is -0.473 e. The van der Waals surface area contributed by atoms with Crippen molar-refractivity contribution in [1.82, 2.24) is 9.29 Å². The fourth-order valence-corrected chi connectivity index (χ4v) is 3.07. The van der Waals surface area contributed by atoms with Gasteiger partial charge in [0.1, 0.15) is 6.10 Å². The number of pyridine rings is 1. The zero-order valence-corrected chi connectivity index (χ0v) is 11.5. The summed E-state index contributed by atoms with van der Waals surface area (Å²) in [6.45, 7) is 4.57. The molecule has 2 heterocycles. The number of aryl methyl sites for hydroxylation is 1. The summed E-state index contributed by atoms with van der Waals surface area (Å²) < 4.78 is 30.6. The van der Waals surface area contributed by atoms with E-state index in [1.54, 1.807) is 13.1 Å². The maximum atomic E-state index is 11.7. The van der Waals surface area contributed by atoms with Crippen LogP contribution in [0.15, 0.2) is 18.3 Å². The Morgan fingerprint density at radius 2 is 2.28 bits per heavy atom. The Morgan fingerprint density at radius 1 is 1.50 bits per heavy atom. The normalized spacial score (nSPS) is 21.1. The van der Waals surface area contributed by atoms with Crippen LogP contribution in [0.4, 0.5) is 0 Å². The number of hydrogen-bond acceptors (Lipinski definition) is 4. The van der Waals surface area contributed by atoms with Crippen LogP contribution in [0.2, 0.25) is 0 Å². The van der Waals surface area contributed by atoms with Gasteiger partial charge in [0.05, 0.1) is 12.3 Å². The highest BCUT2D eigenvalue weighted by atomic mass is 32.2. The highest BCUT2D eigenvalue weighted by Crippen LogP contribution is 2.19. The molecule has 18 heavy (non-hydrogen) atoms. The second-order valence-electron chi connectivity index (χ2n) is 4.46. The van der Waals surface area contributed by atoms with Crippen molar-refractivity contribution < 1.29 is 13.2 Å². The van der Waals surface area contributed by atoms with Crippen LogP contribution >= 0.6 is 0 Å². The third-order valence-electron chi connectivity index (χ3n) is 3.04. The molecule has 100 valence electrons. The molecule has 0 spiro atoms. The van der Waals surface area contributed by atoms with Crippen molar-refractivity contribution in [2.45, 2.75) is 26.4 Å². The average molecular weight is 270 g/mol. The largest absolute Gasteiger partial charge is 0.473 e. The summed E-state index contributed by atoms with van der Waals surface area (Å²) in [7, 11) is -3.10. The quantitative estimate of drug-likeness (QED) is 0.824. The Labute approximate surface area is 108 Å². The van der Waals surface area contributed by atoms with Crippen molar-refractivity contribution in [3.8, 4) is 5.88 Å². The Balaban J connectivity index is 1.96. The Hall–Kier alpha value is -1.14. The van der Waals surface area contributed by atoms with Gasteiger partial charge in [-0.1, -0.05) is 6.07 Å². The van der Waals surface area contributed by atoms with Crippen LogP contribution < -0.4 is 4.74 Å². The molecule has 1 aromatic heterocycles. The minimum atomic E-state index is -3.10. The first-order valence-electron chi connectivity index (χ1n) is 6.08. The number of rotatable bonds is 4. The summed E-state index contributed by atoms with van der Waals surface area (Å²) >= 11 is 0. The smallest absolute Gasteiger partial charge is 0.213 e. The summed E-state index contributed by atoms with van der Waals surface area (Å²) in [5.41, 5.74) is 1.07. The molecule has 5 nitrogen and oxygen atoms in total. The molecule has 2 rings (SSSR count). The number of nitrogens with zero attached hydrogens (tertiary/aromatic N) is 2. The Morgan fingerprint density at radius 3 is 2.89 bits per heavy atom. The minimum absolute atomic E-state index is 0.0958. The van der Waals surface area contributed by atoms with Crippen molar-refractivity contribution >= 4 is 10.0 Å². The number of aromatic nitrogens is 1. The fourth-order valence-electron chi connectivity index (χ4n) is 1.92. The number of ether oxygens (including phenoxy) is 1. The van der Waals surface area contributed by atoms with Crippen LogP contribution in [0.5, 0.6) is 5.88 Å². The zero-order valence-electron chi connectivity index (χ0n) is 10.7. The molecule has 0 bridgehead atoms. The standard InChI is InChI=1S/C12H18N2O3S/c1-3-18(15,16)14-7-6-11(9-14)17-12-5-4-10(2)8-13-12/h4-5,8,11H,3,6-7,9H2,1-2H3. The molecular formula is C12H18N2O3S. The molecule has 1 atom stereocenters. The van der Waals surface area contributed by atoms with Gasteiger partial charge < -0.3 is 4.74 Å². The molecule has 0 N–H and O–H groups in total. The lowest BCUT2D eigenvalue weighted by Crippen LogP contribution is -2.32. The SMILES string of the molecule is CCS(=O)(=O)N1CCC(Oc2ccc(C)cn2)C1. The van der Waals surface area contributed by atoms with Crippen LogP contribution in [0.25, 0.3) is 0 Å². The van der Waals surface area contributed by atoms with E-state index in [0.717, 1.165) is 12.0 Å². The molecule has 0 saturated carbocycles. The van der Waals surface area contributed by atoms with Crippen LogP contribution in [-0.2, 0) is 10.0 Å². The van der Waals surface area contributed by atoms with Gasteiger partial charge in [-0.05, 0) is 25.8 Å². The van der Waals surface area contributed by atoms with Gasteiger partial charge in [-0.2, -0.15) is 4.31 Å². The molecule has 1 aromatic rings. The lowest BCUT2D eigenvalue weighted by molar-refractivity contribution is 0.207. The van der Waals surface area contributed by atoms with E-state index >= 15 is 0 Å². The summed E-state index contributed by atoms with van der Waals surface area (Å²) in [6.07, 6.45) is 2.36. The third kappa shape index (κ3) is 3.00. The van der Waals surface area contributed by atoms with Crippen LogP contribution in [-0.4, -0.2) is 42.7 Å². The maximum absolute atomic E-state index is 11.7. The van der Waals surface area contributed by atoms with E-state index < -0.39 is 10.0 Å². The Kier molecular flexibility index (Phi) is 3.87. The number of hydrogen-bond donors (Lipinski definition) is 0. The summed E-state index contributed by atoms with van der Waals surface area (Å²) in [5.74, 6) is 0.698. The van der Waals surface area contributed by atoms with Gasteiger partial charge in [0.25, 0.3) is 0 Å². The molecule has 1 aliphatic heterocycles. The second kappa shape index (κ2) is 5.24.